The molecule has 3 heteroatoms. The average molecular weight is 351 g/mol. The quantitative estimate of drug-likeness (QED) is 0.481. The lowest BCUT2D eigenvalue weighted by Gasteiger charge is -2.10. The van der Waals surface area contributed by atoms with Crippen molar-refractivity contribution in [1.82, 2.24) is 10.3 Å². The molecule has 0 atom stereocenters. The number of rotatable bonds is 7. The second-order valence-electron chi connectivity index (χ2n) is 6.31. The summed E-state index contributed by atoms with van der Waals surface area (Å²) >= 11 is 6.28. The molecule has 0 unspecified atom stereocenters. The number of aryl methyl sites for hydroxylation is 1. The molecule has 1 heterocycles. The van der Waals surface area contributed by atoms with Crippen molar-refractivity contribution in [3.05, 3.63) is 99.8 Å². The van der Waals surface area contributed by atoms with E-state index in [1.54, 1.807) is 0 Å². The Labute approximate surface area is 154 Å². The summed E-state index contributed by atoms with van der Waals surface area (Å²) in [5, 5.41) is 4.11. The summed E-state index contributed by atoms with van der Waals surface area (Å²) in [6.45, 7) is 3.90. The summed E-state index contributed by atoms with van der Waals surface area (Å²) in [5.41, 5.74) is 6.25. The molecule has 128 valence electrons. The van der Waals surface area contributed by atoms with Gasteiger partial charge in [0.1, 0.15) is 5.15 Å². The highest BCUT2D eigenvalue weighted by Gasteiger charge is 2.05. The Kier molecular flexibility index (Phi) is 6.21. The fourth-order valence-electron chi connectivity index (χ4n) is 2.90. The molecule has 2 aromatic carbocycles. The molecular weight excluding hydrogens is 328 g/mol. The van der Waals surface area contributed by atoms with Crippen molar-refractivity contribution in [2.24, 2.45) is 0 Å². The summed E-state index contributed by atoms with van der Waals surface area (Å²) in [6.07, 6.45) is 3.63. The van der Waals surface area contributed by atoms with E-state index in [1.807, 2.05) is 12.3 Å². The zero-order chi connectivity index (χ0) is 17.5. The monoisotopic (exact) mass is 350 g/mol. The van der Waals surface area contributed by atoms with Gasteiger partial charge in [0.15, 0.2) is 0 Å². The molecule has 0 saturated carbocycles. The van der Waals surface area contributed by atoms with Crippen LogP contribution in [0.3, 0.4) is 0 Å². The van der Waals surface area contributed by atoms with Crippen molar-refractivity contribution in [3.8, 4) is 0 Å². The van der Waals surface area contributed by atoms with Crippen LogP contribution >= 0.6 is 11.6 Å². The summed E-state index contributed by atoms with van der Waals surface area (Å²) in [6, 6.07) is 21.1. The smallest absolute Gasteiger partial charge is 0.132 e. The van der Waals surface area contributed by atoms with E-state index >= 15 is 0 Å². The first kappa shape index (κ1) is 17.7. The number of hydrogen-bond acceptors (Lipinski definition) is 2. The van der Waals surface area contributed by atoms with E-state index in [0.29, 0.717) is 5.15 Å². The number of nitrogens with one attached hydrogen (secondary N) is 1. The highest BCUT2D eigenvalue weighted by atomic mass is 35.5. The average Bonchev–Trinajstić information content (AvgIpc) is 2.63. The van der Waals surface area contributed by atoms with Gasteiger partial charge in [-0.3, -0.25) is 0 Å². The summed E-state index contributed by atoms with van der Waals surface area (Å²) in [4.78, 5) is 4.36. The molecule has 0 saturated heterocycles. The third-order valence-electron chi connectivity index (χ3n) is 4.37. The number of aromatic nitrogens is 1. The van der Waals surface area contributed by atoms with Gasteiger partial charge in [0.05, 0.1) is 0 Å². The van der Waals surface area contributed by atoms with Crippen LogP contribution in [0, 0.1) is 6.92 Å². The highest BCUT2D eigenvalue weighted by molar-refractivity contribution is 6.30. The van der Waals surface area contributed by atoms with Crippen LogP contribution in [0.1, 0.15) is 27.8 Å². The fourth-order valence-corrected chi connectivity index (χ4v) is 3.10. The molecular formula is C22H23ClN2. The second-order valence-corrected chi connectivity index (χ2v) is 6.67. The lowest BCUT2D eigenvalue weighted by atomic mass is 10.0. The van der Waals surface area contributed by atoms with Gasteiger partial charge < -0.3 is 5.32 Å². The number of nitrogens with zero attached hydrogens (tertiary/aromatic N) is 1. The number of pyridine rings is 1. The van der Waals surface area contributed by atoms with Crippen LogP contribution in [0.4, 0.5) is 0 Å². The minimum atomic E-state index is 0.606. The molecule has 0 aliphatic rings. The number of halogens is 1. The van der Waals surface area contributed by atoms with Crippen molar-refractivity contribution in [2.45, 2.75) is 26.3 Å². The summed E-state index contributed by atoms with van der Waals surface area (Å²) in [7, 11) is 0. The first-order valence-electron chi connectivity index (χ1n) is 8.65. The van der Waals surface area contributed by atoms with Crippen molar-refractivity contribution in [3.63, 3.8) is 0 Å². The van der Waals surface area contributed by atoms with E-state index in [9.17, 15) is 0 Å². The Morgan fingerprint density at radius 3 is 2.48 bits per heavy atom. The lowest BCUT2D eigenvalue weighted by molar-refractivity contribution is 0.683. The Morgan fingerprint density at radius 1 is 0.920 bits per heavy atom. The van der Waals surface area contributed by atoms with Crippen LogP contribution in [0.15, 0.2) is 66.9 Å². The maximum atomic E-state index is 6.28. The van der Waals surface area contributed by atoms with Gasteiger partial charge >= 0.3 is 0 Å². The first-order chi connectivity index (χ1) is 12.2. The molecule has 0 spiro atoms. The SMILES string of the molecule is Cc1ccccc1CNCCc1cc(Cc2ccccc2)cnc1Cl. The molecule has 1 aromatic heterocycles. The maximum absolute atomic E-state index is 6.28. The van der Waals surface area contributed by atoms with Gasteiger partial charge in [0, 0.05) is 12.7 Å². The second kappa shape index (κ2) is 8.80. The molecule has 0 bridgehead atoms. The van der Waals surface area contributed by atoms with E-state index < -0.39 is 0 Å². The van der Waals surface area contributed by atoms with Gasteiger partial charge in [0.25, 0.3) is 0 Å². The van der Waals surface area contributed by atoms with E-state index in [2.05, 4.69) is 71.8 Å². The van der Waals surface area contributed by atoms with Crippen molar-refractivity contribution in [2.75, 3.05) is 6.54 Å². The van der Waals surface area contributed by atoms with Gasteiger partial charge in [-0.05, 0) is 54.1 Å². The normalized spacial score (nSPS) is 10.8. The molecule has 3 aromatic rings. The van der Waals surface area contributed by atoms with Gasteiger partial charge in [-0.15, -0.1) is 0 Å². The zero-order valence-electron chi connectivity index (χ0n) is 14.5. The van der Waals surface area contributed by atoms with Crippen LogP contribution in [0.25, 0.3) is 0 Å². The van der Waals surface area contributed by atoms with Gasteiger partial charge in [-0.25, -0.2) is 4.98 Å². The Bertz CT molecular complexity index is 815. The molecule has 0 radical (unpaired) electrons. The fraction of sp³-hybridized carbons (Fsp3) is 0.227. The minimum Gasteiger partial charge on any atom is -0.312 e. The standard InChI is InChI=1S/C22H23ClN2/c1-17-7-5-6-10-21(17)16-24-12-11-20-14-19(15-25-22(20)23)13-18-8-3-2-4-9-18/h2-10,14-15,24H,11-13,16H2,1H3. The largest absolute Gasteiger partial charge is 0.312 e. The number of benzene rings is 2. The molecule has 0 fully saturated rings. The van der Waals surface area contributed by atoms with E-state index in [4.69, 9.17) is 11.6 Å². The maximum Gasteiger partial charge on any atom is 0.132 e. The van der Waals surface area contributed by atoms with E-state index in [1.165, 1.54) is 22.3 Å². The molecule has 1 N–H and O–H groups in total. The molecule has 0 amide bonds. The molecule has 25 heavy (non-hydrogen) atoms. The molecule has 0 aliphatic heterocycles. The topological polar surface area (TPSA) is 24.9 Å². The minimum absolute atomic E-state index is 0.606. The van der Waals surface area contributed by atoms with Crippen LogP contribution in [0.5, 0.6) is 0 Å². The van der Waals surface area contributed by atoms with E-state index in [-0.39, 0.29) is 0 Å². The highest BCUT2D eigenvalue weighted by Crippen LogP contribution is 2.17. The van der Waals surface area contributed by atoms with Gasteiger partial charge in [-0.2, -0.15) is 0 Å². The Hall–Kier alpha value is -2.16. The lowest BCUT2D eigenvalue weighted by Crippen LogP contribution is -2.17. The predicted molar refractivity (Wildman–Crippen MR) is 105 cm³/mol. The van der Waals surface area contributed by atoms with Crippen LogP contribution in [0.2, 0.25) is 5.15 Å². The van der Waals surface area contributed by atoms with E-state index in [0.717, 1.165) is 31.5 Å². The summed E-state index contributed by atoms with van der Waals surface area (Å²) in [5.74, 6) is 0. The third-order valence-corrected chi connectivity index (χ3v) is 4.71. The van der Waals surface area contributed by atoms with Crippen LogP contribution in [-0.2, 0) is 19.4 Å². The molecule has 3 rings (SSSR count). The number of hydrogen-bond donors (Lipinski definition) is 1. The van der Waals surface area contributed by atoms with Crippen LogP contribution in [-0.4, -0.2) is 11.5 Å². The summed E-state index contributed by atoms with van der Waals surface area (Å²) < 4.78 is 0. The van der Waals surface area contributed by atoms with Crippen molar-refractivity contribution >= 4 is 11.6 Å². The van der Waals surface area contributed by atoms with Crippen LogP contribution < -0.4 is 5.32 Å². The first-order valence-corrected chi connectivity index (χ1v) is 9.02. The Balaban J connectivity index is 1.57. The third kappa shape index (κ3) is 5.15. The van der Waals surface area contributed by atoms with Gasteiger partial charge in [0.2, 0.25) is 0 Å². The Morgan fingerprint density at radius 2 is 1.68 bits per heavy atom. The van der Waals surface area contributed by atoms with Crippen molar-refractivity contribution in [1.29, 1.82) is 0 Å². The zero-order valence-corrected chi connectivity index (χ0v) is 15.3. The van der Waals surface area contributed by atoms with Crippen molar-refractivity contribution < 1.29 is 0 Å². The molecule has 0 aliphatic carbocycles. The van der Waals surface area contributed by atoms with Gasteiger partial charge in [-0.1, -0.05) is 72.3 Å². The molecule has 2 nitrogen and oxygen atoms in total. The predicted octanol–water partition coefficient (Wildman–Crippen LogP) is 4.97.